The molecule has 0 spiro atoms. The molecular formula is C17H26ClNO3. The number of carbonyl (C=O) groups is 1. The number of aryl methyl sites for hydroxylation is 1. The highest BCUT2D eigenvalue weighted by Gasteiger charge is 2.31. The van der Waals surface area contributed by atoms with Gasteiger partial charge in [-0.05, 0) is 29.5 Å². The fourth-order valence-corrected chi connectivity index (χ4v) is 2.54. The van der Waals surface area contributed by atoms with Crippen molar-refractivity contribution in [2.24, 2.45) is 0 Å². The third-order valence-corrected chi connectivity index (χ3v) is 3.91. The molecule has 0 bridgehead atoms. The van der Waals surface area contributed by atoms with E-state index in [1.54, 1.807) is 0 Å². The van der Waals surface area contributed by atoms with Gasteiger partial charge >= 0.3 is 5.97 Å². The van der Waals surface area contributed by atoms with Gasteiger partial charge in [0, 0.05) is 13.0 Å². The summed E-state index contributed by atoms with van der Waals surface area (Å²) in [6.45, 7) is 9.32. The Hall–Kier alpha value is -1.26. The van der Waals surface area contributed by atoms with E-state index in [1.807, 2.05) is 6.07 Å². The molecule has 1 fully saturated rings. The van der Waals surface area contributed by atoms with Crippen molar-refractivity contribution in [1.29, 1.82) is 0 Å². The summed E-state index contributed by atoms with van der Waals surface area (Å²) in [5, 5.41) is 3.13. The second-order valence-corrected chi connectivity index (χ2v) is 6.69. The number of halogens is 1. The summed E-state index contributed by atoms with van der Waals surface area (Å²) < 4.78 is 10.8. The van der Waals surface area contributed by atoms with Crippen LogP contribution < -0.4 is 10.1 Å². The maximum absolute atomic E-state index is 11.5. The molecule has 0 aromatic heterocycles. The molecule has 4 nitrogen and oxygen atoms in total. The normalized spacial score (nSPS) is 21.1. The first-order valence-electron chi connectivity index (χ1n) is 7.40. The molecule has 1 N–H and O–H groups in total. The zero-order chi connectivity index (χ0) is 15.6. The molecule has 1 aliphatic rings. The first-order valence-corrected chi connectivity index (χ1v) is 7.40. The summed E-state index contributed by atoms with van der Waals surface area (Å²) in [5.74, 6) is 0.668. The monoisotopic (exact) mass is 327 g/mol. The van der Waals surface area contributed by atoms with E-state index in [9.17, 15) is 4.79 Å². The van der Waals surface area contributed by atoms with Crippen LogP contribution >= 0.6 is 12.4 Å². The maximum Gasteiger partial charge on any atom is 0.323 e. The van der Waals surface area contributed by atoms with Crippen LogP contribution in [-0.2, 0) is 14.9 Å². The molecule has 1 saturated heterocycles. The van der Waals surface area contributed by atoms with Crippen molar-refractivity contribution in [2.75, 3.05) is 13.7 Å². The highest BCUT2D eigenvalue weighted by molar-refractivity contribution is 5.85. The lowest BCUT2D eigenvalue weighted by Gasteiger charge is -2.21. The Morgan fingerprint density at radius 3 is 2.55 bits per heavy atom. The number of carbonyl (C=O) groups excluding carboxylic acids is 1. The first-order chi connectivity index (χ1) is 9.81. The van der Waals surface area contributed by atoms with Crippen molar-refractivity contribution in [1.82, 2.24) is 5.32 Å². The minimum Gasteiger partial charge on any atom is -0.489 e. The highest BCUT2D eigenvalue weighted by atomic mass is 35.5. The van der Waals surface area contributed by atoms with E-state index in [4.69, 9.17) is 9.47 Å². The van der Waals surface area contributed by atoms with Crippen LogP contribution in [0.1, 0.15) is 38.3 Å². The molecule has 0 radical (unpaired) electrons. The average Bonchev–Trinajstić information content (AvgIpc) is 2.87. The van der Waals surface area contributed by atoms with Gasteiger partial charge in [-0.25, -0.2) is 0 Å². The van der Waals surface area contributed by atoms with Crippen molar-refractivity contribution in [2.45, 2.75) is 51.7 Å². The Kier molecular flexibility index (Phi) is 6.27. The molecule has 0 saturated carbocycles. The lowest BCUT2D eigenvalue weighted by atomic mass is 9.86. The third kappa shape index (κ3) is 4.37. The zero-order valence-corrected chi connectivity index (χ0v) is 14.8. The van der Waals surface area contributed by atoms with E-state index < -0.39 is 0 Å². The van der Waals surface area contributed by atoms with E-state index >= 15 is 0 Å². The predicted octanol–water partition coefficient (Wildman–Crippen LogP) is 3.00. The van der Waals surface area contributed by atoms with Gasteiger partial charge in [0.1, 0.15) is 17.9 Å². The SMILES string of the molecule is COC(=O)[C@@H]1C[C@H](Oc2ccc(C(C)(C)C)cc2C)CN1.Cl. The number of benzene rings is 1. The number of rotatable bonds is 3. The van der Waals surface area contributed by atoms with Crippen LogP contribution in [-0.4, -0.2) is 31.8 Å². The number of methoxy groups -OCH3 is 1. The summed E-state index contributed by atoms with van der Waals surface area (Å²) in [5.41, 5.74) is 2.56. The molecule has 0 amide bonds. The summed E-state index contributed by atoms with van der Waals surface area (Å²) in [6, 6.07) is 6.06. The highest BCUT2D eigenvalue weighted by Crippen LogP contribution is 2.28. The number of nitrogens with one attached hydrogen (secondary N) is 1. The second-order valence-electron chi connectivity index (χ2n) is 6.69. The Labute approximate surface area is 139 Å². The van der Waals surface area contributed by atoms with Crippen molar-refractivity contribution in [3.63, 3.8) is 0 Å². The molecular weight excluding hydrogens is 302 g/mol. The Morgan fingerprint density at radius 1 is 1.32 bits per heavy atom. The van der Waals surface area contributed by atoms with Crippen molar-refractivity contribution in [3.8, 4) is 5.75 Å². The van der Waals surface area contributed by atoms with Gasteiger partial charge in [0.25, 0.3) is 0 Å². The standard InChI is InChI=1S/C17H25NO3.ClH/c1-11-8-12(17(2,3)4)6-7-15(11)21-13-9-14(18-10-13)16(19)20-5;/h6-8,13-14,18H,9-10H2,1-5H3;1H/t13-,14-;/m0./s1. The second kappa shape index (κ2) is 7.34. The number of hydrogen-bond donors (Lipinski definition) is 1. The lowest BCUT2D eigenvalue weighted by molar-refractivity contribution is -0.142. The number of ether oxygens (including phenoxy) is 2. The van der Waals surface area contributed by atoms with E-state index in [0.29, 0.717) is 13.0 Å². The number of hydrogen-bond acceptors (Lipinski definition) is 4. The Morgan fingerprint density at radius 2 is 2.00 bits per heavy atom. The van der Waals surface area contributed by atoms with Gasteiger partial charge in [-0.15, -0.1) is 12.4 Å². The first kappa shape index (κ1) is 18.8. The quantitative estimate of drug-likeness (QED) is 0.867. The van der Waals surface area contributed by atoms with Gasteiger partial charge in [0.05, 0.1) is 7.11 Å². The molecule has 1 aromatic carbocycles. The molecule has 2 atom stereocenters. The van der Waals surface area contributed by atoms with Crippen molar-refractivity contribution in [3.05, 3.63) is 29.3 Å². The van der Waals surface area contributed by atoms with E-state index in [0.717, 1.165) is 11.3 Å². The molecule has 1 heterocycles. The van der Waals surface area contributed by atoms with Crippen molar-refractivity contribution >= 4 is 18.4 Å². The number of esters is 1. The maximum atomic E-state index is 11.5. The molecule has 1 aromatic rings. The molecule has 1 aliphatic heterocycles. The van der Waals surface area contributed by atoms with Crippen LogP contribution in [0.3, 0.4) is 0 Å². The average molecular weight is 328 g/mol. The molecule has 22 heavy (non-hydrogen) atoms. The predicted molar refractivity (Wildman–Crippen MR) is 90.0 cm³/mol. The van der Waals surface area contributed by atoms with Crippen LogP contribution in [0, 0.1) is 6.92 Å². The Balaban J connectivity index is 0.00000242. The summed E-state index contributed by atoms with van der Waals surface area (Å²) in [6.07, 6.45) is 0.654. The van der Waals surface area contributed by atoms with Crippen LogP contribution in [0.4, 0.5) is 0 Å². The summed E-state index contributed by atoms with van der Waals surface area (Å²) in [4.78, 5) is 11.5. The van der Waals surface area contributed by atoms with Crippen LogP contribution in [0.15, 0.2) is 18.2 Å². The van der Waals surface area contributed by atoms with Crippen LogP contribution in [0.25, 0.3) is 0 Å². The topological polar surface area (TPSA) is 47.6 Å². The summed E-state index contributed by atoms with van der Waals surface area (Å²) >= 11 is 0. The smallest absolute Gasteiger partial charge is 0.323 e. The van der Waals surface area contributed by atoms with E-state index in [1.165, 1.54) is 12.7 Å². The van der Waals surface area contributed by atoms with Crippen LogP contribution in [0.5, 0.6) is 5.75 Å². The molecule has 124 valence electrons. The minimum absolute atomic E-state index is 0. The Bertz CT molecular complexity index is 525. The van der Waals surface area contributed by atoms with Crippen LogP contribution in [0.2, 0.25) is 0 Å². The zero-order valence-electron chi connectivity index (χ0n) is 13.9. The van der Waals surface area contributed by atoms with Gasteiger partial charge in [-0.3, -0.25) is 4.79 Å². The van der Waals surface area contributed by atoms with Crippen molar-refractivity contribution < 1.29 is 14.3 Å². The lowest BCUT2D eigenvalue weighted by Crippen LogP contribution is -2.31. The van der Waals surface area contributed by atoms with E-state index in [2.05, 4.69) is 45.1 Å². The third-order valence-electron chi connectivity index (χ3n) is 3.91. The summed E-state index contributed by atoms with van der Waals surface area (Å²) in [7, 11) is 1.41. The molecule has 0 aliphatic carbocycles. The van der Waals surface area contributed by atoms with Gasteiger partial charge in [-0.2, -0.15) is 0 Å². The molecule has 0 unspecified atom stereocenters. The van der Waals surface area contributed by atoms with Gasteiger partial charge in [0.15, 0.2) is 0 Å². The van der Waals surface area contributed by atoms with Gasteiger partial charge in [-0.1, -0.05) is 32.9 Å². The largest absolute Gasteiger partial charge is 0.489 e. The van der Waals surface area contributed by atoms with E-state index in [-0.39, 0.29) is 35.9 Å². The van der Waals surface area contributed by atoms with Gasteiger partial charge in [0.2, 0.25) is 0 Å². The minimum atomic E-state index is -0.255. The molecule has 5 heteroatoms. The fourth-order valence-electron chi connectivity index (χ4n) is 2.54. The fraction of sp³-hybridized carbons (Fsp3) is 0.588. The molecule has 2 rings (SSSR count). The van der Waals surface area contributed by atoms with Gasteiger partial charge < -0.3 is 14.8 Å².